The van der Waals surface area contributed by atoms with Gasteiger partial charge in [-0.25, -0.2) is 4.79 Å². The molecule has 7 heteroatoms. The molecular formula is C27H36N2O5. The van der Waals surface area contributed by atoms with Crippen molar-refractivity contribution in [1.82, 2.24) is 9.80 Å². The van der Waals surface area contributed by atoms with Gasteiger partial charge in [0.15, 0.2) is 0 Å². The predicted molar refractivity (Wildman–Crippen MR) is 131 cm³/mol. The van der Waals surface area contributed by atoms with Gasteiger partial charge >= 0.3 is 5.97 Å². The summed E-state index contributed by atoms with van der Waals surface area (Å²) in [7, 11) is 3.03. The van der Waals surface area contributed by atoms with Crippen LogP contribution in [0.25, 0.3) is 0 Å². The smallest absolute Gasteiger partial charge is 0.337 e. The molecule has 2 aromatic rings. The zero-order valence-electron chi connectivity index (χ0n) is 20.7. The van der Waals surface area contributed by atoms with Crippen LogP contribution >= 0.6 is 0 Å². The van der Waals surface area contributed by atoms with Crippen molar-refractivity contribution >= 4 is 11.9 Å². The Morgan fingerprint density at radius 1 is 0.971 bits per heavy atom. The maximum Gasteiger partial charge on any atom is 0.337 e. The fraction of sp³-hybridized carbons (Fsp3) is 0.481. The number of piperazine rings is 1. The Hall–Kier alpha value is -2.90. The molecule has 1 saturated heterocycles. The Labute approximate surface area is 202 Å². The Morgan fingerprint density at radius 2 is 1.68 bits per heavy atom. The van der Waals surface area contributed by atoms with Crippen molar-refractivity contribution in [3.8, 4) is 5.75 Å². The third kappa shape index (κ3) is 7.30. The molecule has 0 radical (unpaired) electrons. The summed E-state index contributed by atoms with van der Waals surface area (Å²) in [6.07, 6.45) is 0.443. The molecule has 0 aromatic heterocycles. The van der Waals surface area contributed by atoms with Crippen LogP contribution in [0.3, 0.4) is 0 Å². The van der Waals surface area contributed by atoms with Gasteiger partial charge in [-0.15, -0.1) is 0 Å². The lowest BCUT2D eigenvalue weighted by atomic mass is 10.1. The van der Waals surface area contributed by atoms with E-state index in [1.54, 1.807) is 19.2 Å². The molecule has 0 aliphatic carbocycles. The minimum absolute atomic E-state index is 0.159. The molecule has 2 aromatic carbocycles. The number of methoxy groups -OCH3 is 2. The van der Waals surface area contributed by atoms with Gasteiger partial charge in [0.25, 0.3) is 0 Å². The highest BCUT2D eigenvalue weighted by Gasteiger charge is 2.24. The molecule has 0 N–H and O–H groups in total. The SMILES string of the molecule is COC(=O)c1ccc(CO[C@H](CN2CCN(C(=O)CC(C)C)CC2)c2cccc(OC)c2)cc1. The van der Waals surface area contributed by atoms with Crippen molar-refractivity contribution in [3.63, 3.8) is 0 Å². The van der Waals surface area contributed by atoms with E-state index in [2.05, 4.69) is 24.8 Å². The van der Waals surface area contributed by atoms with Crippen LogP contribution in [0.4, 0.5) is 0 Å². The zero-order valence-corrected chi connectivity index (χ0v) is 20.7. The third-order valence-electron chi connectivity index (χ3n) is 6.02. The van der Waals surface area contributed by atoms with E-state index in [0.29, 0.717) is 24.5 Å². The average molecular weight is 469 g/mol. The van der Waals surface area contributed by atoms with Crippen molar-refractivity contribution in [2.75, 3.05) is 46.9 Å². The fourth-order valence-corrected chi connectivity index (χ4v) is 4.04. The van der Waals surface area contributed by atoms with E-state index in [-0.39, 0.29) is 18.0 Å². The molecule has 3 rings (SSSR count). The van der Waals surface area contributed by atoms with E-state index in [4.69, 9.17) is 14.2 Å². The Balaban J connectivity index is 1.65. The van der Waals surface area contributed by atoms with E-state index in [1.807, 2.05) is 35.2 Å². The summed E-state index contributed by atoms with van der Waals surface area (Å²) in [5.74, 6) is 1.05. The summed E-state index contributed by atoms with van der Waals surface area (Å²) in [6.45, 7) is 8.41. The van der Waals surface area contributed by atoms with Gasteiger partial charge in [-0.2, -0.15) is 0 Å². The van der Waals surface area contributed by atoms with Gasteiger partial charge in [0.2, 0.25) is 5.91 Å². The molecule has 34 heavy (non-hydrogen) atoms. The summed E-state index contributed by atoms with van der Waals surface area (Å²) in [4.78, 5) is 28.4. The maximum atomic E-state index is 12.4. The second-order valence-electron chi connectivity index (χ2n) is 9.04. The van der Waals surface area contributed by atoms with E-state index in [9.17, 15) is 9.59 Å². The van der Waals surface area contributed by atoms with Gasteiger partial charge in [-0.1, -0.05) is 38.1 Å². The van der Waals surface area contributed by atoms with E-state index < -0.39 is 0 Å². The van der Waals surface area contributed by atoms with Crippen LogP contribution in [-0.4, -0.2) is 68.6 Å². The zero-order chi connectivity index (χ0) is 24.5. The topological polar surface area (TPSA) is 68.3 Å². The summed E-state index contributed by atoms with van der Waals surface area (Å²) in [5, 5.41) is 0. The third-order valence-corrected chi connectivity index (χ3v) is 6.02. The molecule has 1 aliphatic rings. The lowest BCUT2D eigenvalue weighted by molar-refractivity contribution is -0.134. The van der Waals surface area contributed by atoms with Crippen molar-refractivity contribution in [2.45, 2.75) is 33.0 Å². The molecule has 184 valence electrons. The molecule has 7 nitrogen and oxygen atoms in total. The van der Waals surface area contributed by atoms with Crippen LogP contribution in [0.2, 0.25) is 0 Å². The van der Waals surface area contributed by atoms with Gasteiger partial charge in [0.05, 0.1) is 32.5 Å². The summed E-state index contributed by atoms with van der Waals surface area (Å²) in [6, 6.07) is 15.2. The first-order valence-electron chi connectivity index (χ1n) is 11.8. The van der Waals surface area contributed by atoms with Gasteiger partial charge in [0, 0.05) is 39.1 Å². The normalized spacial score (nSPS) is 15.3. The second kappa shape index (κ2) is 12.5. The van der Waals surface area contributed by atoms with Crippen molar-refractivity contribution < 1.29 is 23.8 Å². The second-order valence-corrected chi connectivity index (χ2v) is 9.04. The van der Waals surface area contributed by atoms with Crippen LogP contribution in [0, 0.1) is 5.92 Å². The van der Waals surface area contributed by atoms with Gasteiger partial charge in [0.1, 0.15) is 5.75 Å². The molecule has 1 amide bonds. The number of benzene rings is 2. The van der Waals surface area contributed by atoms with E-state index in [1.165, 1.54) is 7.11 Å². The van der Waals surface area contributed by atoms with E-state index in [0.717, 1.165) is 49.6 Å². The Kier molecular flexibility index (Phi) is 9.48. The molecule has 0 saturated carbocycles. The van der Waals surface area contributed by atoms with Gasteiger partial charge < -0.3 is 19.1 Å². The minimum atomic E-state index is -0.354. The van der Waals surface area contributed by atoms with Crippen LogP contribution in [0.15, 0.2) is 48.5 Å². The Bertz CT molecular complexity index is 936. The lowest BCUT2D eigenvalue weighted by Crippen LogP contribution is -2.49. The minimum Gasteiger partial charge on any atom is -0.497 e. The van der Waals surface area contributed by atoms with Crippen LogP contribution in [0.1, 0.15) is 47.9 Å². The number of hydrogen-bond acceptors (Lipinski definition) is 6. The molecule has 0 spiro atoms. The number of nitrogens with zero attached hydrogens (tertiary/aromatic N) is 2. The monoisotopic (exact) mass is 468 g/mol. The highest BCUT2D eigenvalue weighted by molar-refractivity contribution is 5.89. The summed E-state index contributed by atoms with van der Waals surface area (Å²) < 4.78 is 16.6. The first-order chi connectivity index (χ1) is 16.4. The van der Waals surface area contributed by atoms with Crippen molar-refractivity contribution in [2.24, 2.45) is 5.92 Å². The highest BCUT2D eigenvalue weighted by Crippen LogP contribution is 2.25. The predicted octanol–water partition coefficient (Wildman–Crippen LogP) is 3.93. The Morgan fingerprint density at radius 3 is 2.29 bits per heavy atom. The van der Waals surface area contributed by atoms with Crippen molar-refractivity contribution in [3.05, 3.63) is 65.2 Å². The molecular weight excluding hydrogens is 432 g/mol. The number of carbonyl (C=O) groups excluding carboxylic acids is 2. The summed E-state index contributed by atoms with van der Waals surface area (Å²) in [5.41, 5.74) is 2.54. The van der Waals surface area contributed by atoms with Crippen molar-refractivity contribution in [1.29, 1.82) is 0 Å². The lowest BCUT2D eigenvalue weighted by Gasteiger charge is -2.36. The van der Waals surface area contributed by atoms with Crippen LogP contribution in [-0.2, 0) is 20.9 Å². The standard InChI is InChI=1S/C27H36N2O5/c1-20(2)16-26(30)29-14-12-28(13-15-29)18-25(23-6-5-7-24(17-23)32-3)34-19-21-8-10-22(11-9-21)27(31)33-4/h5-11,17,20,25H,12-16,18-19H2,1-4H3/t25-/m1/s1. The average Bonchev–Trinajstić information content (AvgIpc) is 2.86. The van der Waals surface area contributed by atoms with Crippen LogP contribution in [0.5, 0.6) is 5.75 Å². The number of esters is 1. The molecule has 1 heterocycles. The fourth-order valence-electron chi connectivity index (χ4n) is 4.04. The van der Waals surface area contributed by atoms with Gasteiger partial charge in [-0.05, 0) is 41.3 Å². The van der Waals surface area contributed by atoms with E-state index >= 15 is 0 Å². The highest BCUT2D eigenvalue weighted by atomic mass is 16.5. The quantitative estimate of drug-likeness (QED) is 0.492. The number of hydrogen-bond donors (Lipinski definition) is 0. The van der Waals surface area contributed by atoms with Gasteiger partial charge in [-0.3, -0.25) is 9.69 Å². The first kappa shape index (κ1) is 25.7. The molecule has 1 atom stereocenters. The summed E-state index contributed by atoms with van der Waals surface area (Å²) >= 11 is 0. The van der Waals surface area contributed by atoms with Crippen LogP contribution < -0.4 is 4.74 Å². The molecule has 0 unspecified atom stereocenters. The maximum absolute atomic E-state index is 12.4. The molecule has 0 bridgehead atoms. The largest absolute Gasteiger partial charge is 0.497 e. The number of ether oxygens (including phenoxy) is 3. The number of carbonyl (C=O) groups is 2. The molecule has 1 fully saturated rings. The number of rotatable bonds is 10. The molecule has 1 aliphatic heterocycles. The number of amides is 1. The first-order valence-corrected chi connectivity index (χ1v) is 11.8.